The number of rotatable bonds is 5. The molecule has 4 amide bonds. The molecule has 2 aromatic carbocycles. The van der Waals surface area contributed by atoms with Crippen molar-refractivity contribution in [1.82, 2.24) is 10.2 Å². The second-order valence-corrected chi connectivity index (χ2v) is 6.23. The zero-order valence-electron chi connectivity index (χ0n) is 15.4. The number of nitrogens with zero attached hydrogens (tertiary/aromatic N) is 1. The molecule has 8 heteroatoms. The normalized spacial score (nSPS) is 14.9. The van der Waals surface area contributed by atoms with Crippen molar-refractivity contribution in [2.24, 2.45) is 0 Å². The lowest BCUT2D eigenvalue weighted by atomic mass is 10.1. The van der Waals surface area contributed by atoms with Crippen LogP contribution in [0.1, 0.15) is 11.1 Å². The van der Waals surface area contributed by atoms with Gasteiger partial charge in [0.1, 0.15) is 12.2 Å². The molecule has 8 nitrogen and oxygen atoms in total. The molecule has 0 saturated carbocycles. The van der Waals surface area contributed by atoms with E-state index in [1.54, 1.807) is 24.3 Å². The van der Waals surface area contributed by atoms with Crippen LogP contribution >= 0.6 is 0 Å². The van der Waals surface area contributed by atoms with Crippen LogP contribution in [-0.2, 0) is 9.59 Å². The first kappa shape index (κ1) is 19.0. The Morgan fingerprint density at radius 3 is 2.75 bits per heavy atom. The number of anilines is 1. The number of imide groups is 1. The average molecular weight is 381 g/mol. The number of urea groups is 1. The number of phenols is 1. The van der Waals surface area contributed by atoms with Gasteiger partial charge in [-0.25, -0.2) is 9.69 Å². The molecule has 0 radical (unpaired) electrons. The van der Waals surface area contributed by atoms with Gasteiger partial charge < -0.3 is 20.5 Å². The van der Waals surface area contributed by atoms with Crippen molar-refractivity contribution < 1.29 is 24.2 Å². The highest BCUT2D eigenvalue weighted by Gasteiger charge is 2.34. The van der Waals surface area contributed by atoms with E-state index in [0.717, 1.165) is 10.5 Å². The van der Waals surface area contributed by atoms with Crippen molar-refractivity contribution in [1.29, 1.82) is 0 Å². The molecule has 2 aromatic rings. The monoisotopic (exact) mass is 381 g/mol. The Morgan fingerprint density at radius 2 is 2.04 bits per heavy atom. The Kier molecular flexibility index (Phi) is 5.30. The van der Waals surface area contributed by atoms with Crippen LogP contribution in [0.15, 0.2) is 48.2 Å². The molecule has 0 unspecified atom stereocenters. The number of aromatic hydroxyl groups is 1. The highest BCUT2D eigenvalue weighted by molar-refractivity contribution is 6.15. The summed E-state index contributed by atoms with van der Waals surface area (Å²) in [6.45, 7) is 1.48. The van der Waals surface area contributed by atoms with Crippen molar-refractivity contribution in [3.05, 3.63) is 59.3 Å². The van der Waals surface area contributed by atoms with Gasteiger partial charge in [0, 0.05) is 5.69 Å². The first-order valence-electron chi connectivity index (χ1n) is 8.45. The number of hydrogen-bond acceptors (Lipinski definition) is 5. The molecule has 0 aromatic heterocycles. The summed E-state index contributed by atoms with van der Waals surface area (Å²) in [4.78, 5) is 37.6. The Balaban J connectivity index is 1.72. The smallest absolute Gasteiger partial charge is 0.329 e. The number of ether oxygens (including phenoxy) is 1. The van der Waals surface area contributed by atoms with Crippen LogP contribution in [0.25, 0.3) is 6.08 Å². The summed E-state index contributed by atoms with van der Waals surface area (Å²) < 4.78 is 5.02. The summed E-state index contributed by atoms with van der Waals surface area (Å²) in [5.41, 5.74) is 2.14. The second-order valence-electron chi connectivity index (χ2n) is 6.23. The Morgan fingerprint density at radius 1 is 1.25 bits per heavy atom. The van der Waals surface area contributed by atoms with Crippen LogP contribution < -0.4 is 15.4 Å². The van der Waals surface area contributed by atoms with Gasteiger partial charge in [0.05, 0.1) is 7.11 Å². The maximum absolute atomic E-state index is 12.5. The number of carbonyl (C=O) groups is 3. The van der Waals surface area contributed by atoms with Gasteiger partial charge in [-0.1, -0.05) is 18.2 Å². The lowest BCUT2D eigenvalue weighted by Crippen LogP contribution is -2.38. The third kappa shape index (κ3) is 4.12. The number of hydrogen-bond donors (Lipinski definition) is 3. The minimum atomic E-state index is -0.679. The van der Waals surface area contributed by atoms with E-state index in [4.69, 9.17) is 4.74 Å². The summed E-state index contributed by atoms with van der Waals surface area (Å²) in [5.74, 6) is -0.903. The van der Waals surface area contributed by atoms with Crippen LogP contribution in [0.4, 0.5) is 10.5 Å². The minimum absolute atomic E-state index is 0.0288. The number of phenolic OH excluding ortho intramolecular Hbond substituents is 1. The van der Waals surface area contributed by atoms with Crippen molar-refractivity contribution in [3.8, 4) is 11.5 Å². The lowest BCUT2D eigenvalue weighted by molar-refractivity contribution is -0.127. The zero-order chi connectivity index (χ0) is 20.3. The Hall–Kier alpha value is -3.81. The van der Waals surface area contributed by atoms with Gasteiger partial charge in [0.2, 0.25) is 5.91 Å². The van der Waals surface area contributed by atoms with E-state index in [-0.39, 0.29) is 17.2 Å². The largest absolute Gasteiger partial charge is 0.504 e. The lowest BCUT2D eigenvalue weighted by Gasteiger charge is -2.12. The van der Waals surface area contributed by atoms with Crippen LogP contribution in [0.5, 0.6) is 11.5 Å². The summed E-state index contributed by atoms with van der Waals surface area (Å²) in [6.07, 6.45) is 1.45. The molecule has 0 aliphatic carbocycles. The first-order valence-corrected chi connectivity index (χ1v) is 8.45. The number of benzene rings is 2. The molecule has 3 rings (SSSR count). The van der Waals surface area contributed by atoms with Gasteiger partial charge in [0.25, 0.3) is 5.91 Å². The molecule has 1 saturated heterocycles. The predicted molar refractivity (Wildman–Crippen MR) is 103 cm³/mol. The van der Waals surface area contributed by atoms with Crippen LogP contribution in [0.3, 0.4) is 0 Å². The number of methoxy groups -OCH3 is 1. The molecule has 1 fully saturated rings. The fourth-order valence-corrected chi connectivity index (χ4v) is 2.73. The van der Waals surface area contributed by atoms with Crippen LogP contribution in [0.2, 0.25) is 0 Å². The zero-order valence-corrected chi connectivity index (χ0v) is 15.4. The predicted octanol–water partition coefficient (Wildman–Crippen LogP) is 2.24. The van der Waals surface area contributed by atoms with Crippen molar-refractivity contribution in [2.45, 2.75) is 6.92 Å². The van der Waals surface area contributed by atoms with Gasteiger partial charge in [-0.05, 0) is 48.4 Å². The number of amides is 4. The third-order valence-corrected chi connectivity index (χ3v) is 4.08. The van der Waals surface area contributed by atoms with E-state index >= 15 is 0 Å². The number of nitrogens with one attached hydrogen (secondary N) is 2. The molecule has 3 N–H and O–H groups in total. The Bertz CT molecular complexity index is 984. The molecular weight excluding hydrogens is 362 g/mol. The van der Waals surface area contributed by atoms with Gasteiger partial charge in [-0.3, -0.25) is 9.59 Å². The van der Waals surface area contributed by atoms with Gasteiger partial charge >= 0.3 is 6.03 Å². The van der Waals surface area contributed by atoms with Gasteiger partial charge in [-0.2, -0.15) is 0 Å². The molecule has 28 heavy (non-hydrogen) atoms. The van der Waals surface area contributed by atoms with Crippen molar-refractivity contribution in [2.75, 3.05) is 19.0 Å². The first-order chi connectivity index (χ1) is 13.4. The van der Waals surface area contributed by atoms with E-state index in [9.17, 15) is 19.5 Å². The van der Waals surface area contributed by atoms with E-state index in [2.05, 4.69) is 10.6 Å². The fourth-order valence-electron chi connectivity index (χ4n) is 2.73. The van der Waals surface area contributed by atoms with Crippen LogP contribution in [-0.4, -0.2) is 41.5 Å². The summed E-state index contributed by atoms with van der Waals surface area (Å²) in [5, 5.41) is 14.7. The Labute approximate surface area is 161 Å². The molecule has 0 spiro atoms. The molecule has 0 bridgehead atoms. The summed E-state index contributed by atoms with van der Waals surface area (Å²) in [6, 6.07) is 11.0. The van der Waals surface area contributed by atoms with Gasteiger partial charge in [0.15, 0.2) is 11.5 Å². The molecule has 0 atom stereocenters. The van der Waals surface area contributed by atoms with E-state index in [1.165, 1.54) is 25.3 Å². The van der Waals surface area contributed by atoms with Crippen molar-refractivity contribution >= 4 is 29.6 Å². The molecule has 144 valence electrons. The summed E-state index contributed by atoms with van der Waals surface area (Å²) >= 11 is 0. The van der Waals surface area contributed by atoms with Crippen molar-refractivity contribution in [3.63, 3.8) is 0 Å². The summed E-state index contributed by atoms with van der Waals surface area (Å²) in [7, 11) is 1.41. The molecule has 1 heterocycles. The topological polar surface area (TPSA) is 108 Å². The maximum atomic E-state index is 12.5. The fraction of sp³-hybridized carbons (Fsp3) is 0.150. The highest BCUT2D eigenvalue weighted by atomic mass is 16.5. The third-order valence-electron chi connectivity index (χ3n) is 4.08. The van der Waals surface area contributed by atoms with E-state index < -0.39 is 24.4 Å². The van der Waals surface area contributed by atoms with E-state index in [0.29, 0.717) is 11.3 Å². The van der Waals surface area contributed by atoms with Crippen LogP contribution in [0, 0.1) is 6.92 Å². The average Bonchev–Trinajstić information content (AvgIpc) is 2.90. The number of carbonyl (C=O) groups excluding carboxylic acids is 3. The SMILES string of the molecule is COc1cc(/C=C2/NC(=O)N(CC(=O)Nc3cccc(C)c3)C2=O)ccc1O. The molecular formula is C20H19N3O5. The van der Waals surface area contributed by atoms with E-state index in [1.807, 2.05) is 13.0 Å². The molecule has 1 aliphatic rings. The standard InChI is InChI=1S/C20H19N3O5/c1-12-4-3-5-14(8-12)21-18(25)11-23-19(26)15(22-20(23)27)9-13-6-7-16(24)17(10-13)28-2/h3-10,24H,11H2,1-2H3,(H,21,25)(H,22,27)/b15-9+. The quantitative estimate of drug-likeness (QED) is 0.544. The van der Waals surface area contributed by atoms with Gasteiger partial charge in [-0.15, -0.1) is 0 Å². The molecule has 1 aliphatic heterocycles. The maximum Gasteiger partial charge on any atom is 0.329 e. The second kappa shape index (κ2) is 7.83. The number of aryl methyl sites for hydroxylation is 1. The minimum Gasteiger partial charge on any atom is -0.504 e. The highest BCUT2D eigenvalue weighted by Crippen LogP contribution is 2.27.